The van der Waals surface area contributed by atoms with Gasteiger partial charge in [-0.2, -0.15) is 8.42 Å². The number of carboxylic acids is 1. The first-order chi connectivity index (χ1) is 12.0. The van der Waals surface area contributed by atoms with Crippen molar-refractivity contribution < 1.29 is 61.8 Å². The molecule has 0 unspecified atom stereocenters. The molecule has 13 heteroatoms. The number of hydrogen-bond donors (Lipinski definition) is 0. The van der Waals surface area contributed by atoms with E-state index < -0.39 is 59.8 Å². The molecule has 3 rings (SSSR count). The van der Waals surface area contributed by atoms with Crippen molar-refractivity contribution in [3.63, 3.8) is 0 Å². The molecule has 2 saturated heterocycles. The third kappa shape index (κ3) is 3.61. The largest absolute Gasteiger partial charge is 1.00 e. The van der Waals surface area contributed by atoms with Crippen molar-refractivity contribution in [1.29, 1.82) is 0 Å². The van der Waals surface area contributed by atoms with Crippen LogP contribution in [0.3, 0.4) is 0 Å². The van der Waals surface area contributed by atoms with Gasteiger partial charge in [-0.05, 0) is 19.9 Å². The van der Waals surface area contributed by atoms with Crippen molar-refractivity contribution in [2.75, 3.05) is 0 Å². The molecule has 2 heterocycles. The molecule has 0 aliphatic carbocycles. The Morgan fingerprint density at radius 1 is 1.33 bits per heavy atom. The SMILES string of the molecule is CC1(C)S[C@@H]2[C@H](OS(=O)(=O)c3ccccc3[N+](=O)[O-])C(=O)N2[C@H]1C(=O)[O-].[Na+]. The van der Waals surface area contributed by atoms with E-state index in [0.717, 1.165) is 28.8 Å². The van der Waals surface area contributed by atoms with Crippen LogP contribution in [-0.4, -0.2) is 52.4 Å². The van der Waals surface area contributed by atoms with E-state index in [9.17, 15) is 33.2 Å². The zero-order valence-electron chi connectivity index (χ0n) is 14.5. The molecule has 0 aromatic heterocycles. The number of benzene rings is 1. The summed E-state index contributed by atoms with van der Waals surface area (Å²) in [6.07, 6.45) is -1.45. The van der Waals surface area contributed by atoms with Crippen LogP contribution in [0.2, 0.25) is 0 Å². The van der Waals surface area contributed by atoms with Gasteiger partial charge in [0, 0.05) is 10.8 Å². The summed E-state index contributed by atoms with van der Waals surface area (Å²) >= 11 is 1.07. The third-order valence-electron chi connectivity index (χ3n) is 4.18. The van der Waals surface area contributed by atoms with Gasteiger partial charge in [0.15, 0.2) is 11.0 Å². The number of fused-ring (bicyclic) bond motifs is 1. The molecule has 27 heavy (non-hydrogen) atoms. The fourth-order valence-electron chi connectivity index (χ4n) is 3.06. The Hall–Kier alpha value is -1.18. The Kier molecular flexibility index (Phi) is 6.01. The van der Waals surface area contributed by atoms with Gasteiger partial charge in [-0.25, -0.2) is 4.18 Å². The number of aliphatic carboxylic acids is 1. The van der Waals surface area contributed by atoms with E-state index in [4.69, 9.17) is 4.18 Å². The second kappa shape index (κ2) is 7.33. The van der Waals surface area contributed by atoms with Gasteiger partial charge in [0.2, 0.25) is 0 Å². The second-order valence-corrected chi connectivity index (χ2v) is 9.59. The van der Waals surface area contributed by atoms with Crippen LogP contribution < -0.4 is 34.7 Å². The first-order valence-electron chi connectivity index (χ1n) is 7.35. The van der Waals surface area contributed by atoms with Crippen molar-refractivity contribution in [1.82, 2.24) is 4.90 Å². The Morgan fingerprint density at radius 3 is 2.48 bits per heavy atom. The molecule has 1 amide bonds. The molecule has 2 aliphatic rings. The molecule has 2 aliphatic heterocycles. The third-order valence-corrected chi connectivity index (χ3v) is 7.07. The van der Waals surface area contributed by atoms with Crippen molar-refractivity contribution in [3.8, 4) is 0 Å². The number of hydrogen-bond acceptors (Lipinski definition) is 9. The summed E-state index contributed by atoms with van der Waals surface area (Å²) in [5.41, 5.74) is -0.678. The summed E-state index contributed by atoms with van der Waals surface area (Å²) in [7, 11) is -4.61. The van der Waals surface area contributed by atoms with Gasteiger partial charge in [-0.15, -0.1) is 11.8 Å². The molecular formula is C14H13N2NaO8S2. The number of rotatable bonds is 5. The first kappa shape index (κ1) is 22.1. The number of nitrogens with zero attached hydrogens (tertiary/aromatic N) is 2. The van der Waals surface area contributed by atoms with Gasteiger partial charge < -0.3 is 14.8 Å². The minimum Gasteiger partial charge on any atom is -0.548 e. The van der Waals surface area contributed by atoms with Gasteiger partial charge in [0.25, 0.3) is 11.6 Å². The molecule has 1 aromatic rings. The maximum atomic E-state index is 12.4. The topological polar surface area (TPSA) is 147 Å². The molecule has 0 spiro atoms. The Morgan fingerprint density at radius 2 is 1.93 bits per heavy atom. The van der Waals surface area contributed by atoms with E-state index in [1.165, 1.54) is 12.1 Å². The molecule has 140 valence electrons. The van der Waals surface area contributed by atoms with E-state index >= 15 is 0 Å². The van der Waals surface area contributed by atoms with Crippen LogP contribution in [0.15, 0.2) is 29.2 Å². The van der Waals surface area contributed by atoms with Crippen LogP contribution in [0.1, 0.15) is 13.8 Å². The van der Waals surface area contributed by atoms with Gasteiger partial charge in [-0.1, -0.05) is 12.1 Å². The Bertz CT molecular complexity index is 919. The first-order valence-corrected chi connectivity index (χ1v) is 9.64. The predicted molar refractivity (Wildman–Crippen MR) is 86.3 cm³/mol. The van der Waals surface area contributed by atoms with Crippen LogP contribution in [0, 0.1) is 10.1 Å². The summed E-state index contributed by atoms with van der Waals surface area (Å²) in [6, 6.07) is 3.37. The van der Waals surface area contributed by atoms with Crippen molar-refractivity contribution >= 4 is 39.4 Å². The average Bonchev–Trinajstić information content (AvgIpc) is 2.81. The van der Waals surface area contributed by atoms with Gasteiger partial charge >= 0.3 is 39.7 Å². The van der Waals surface area contributed by atoms with E-state index in [-0.39, 0.29) is 29.6 Å². The number of β-lactam (4-membered cyclic amide) rings is 1. The summed E-state index contributed by atoms with van der Waals surface area (Å²) in [5, 5.41) is 21.5. The van der Waals surface area contributed by atoms with Gasteiger partial charge in [0.1, 0.15) is 5.37 Å². The van der Waals surface area contributed by atoms with Gasteiger partial charge in [0.05, 0.1) is 16.9 Å². The summed E-state index contributed by atoms with van der Waals surface area (Å²) < 4.78 is 28.9. The maximum Gasteiger partial charge on any atom is 1.00 e. The number of carbonyl (C=O) groups excluding carboxylic acids is 2. The van der Waals surface area contributed by atoms with Crippen molar-refractivity contribution in [2.45, 2.75) is 41.0 Å². The number of para-hydroxylation sites is 1. The normalized spacial score (nSPS) is 25.9. The minimum atomic E-state index is -4.61. The summed E-state index contributed by atoms with van der Waals surface area (Å²) in [6.45, 7) is 3.19. The number of carbonyl (C=O) groups is 2. The van der Waals surface area contributed by atoms with E-state index in [2.05, 4.69) is 0 Å². The number of amides is 1. The van der Waals surface area contributed by atoms with Gasteiger partial charge in [-0.3, -0.25) is 14.9 Å². The Balaban J connectivity index is 0.00000261. The van der Waals surface area contributed by atoms with Crippen LogP contribution >= 0.6 is 11.8 Å². The summed E-state index contributed by atoms with van der Waals surface area (Å²) in [5.74, 6) is -2.26. The number of nitro groups is 1. The zero-order valence-corrected chi connectivity index (χ0v) is 18.2. The second-order valence-electron chi connectivity index (χ2n) is 6.27. The molecule has 10 nitrogen and oxygen atoms in total. The average molecular weight is 424 g/mol. The molecule has 2 fully saturated rings. The molecule has 0 bridgehead atoms. The Labute approximate surface area is 180 Å². The van der Waals surface area contributed by atoms with Crippen LogP contribution in [0.4, 0.5) is 5.69 Å². The number of thioether (sulfide) groups is 1. The monoisotopic (exact) mass is 424 g/mol. The summed E-state index contributed by atoms with van der Waals surface area (Å²) in [4.78, 5) is 34.1. The number of carboxylic acid groups (broad SMARTS) is 1. The van der Waals surface area contributed by atoms with E-state index in [0.29, 0.717) is 0 Å². The smallest absolute Gasteiger partial charge is 0.548 e. The van der Waals surface area contributed by atoms with Crippen LogP contribution in [-0.2, 0) is 23.9 Å². The molecule has 1 aromatic carbocycles. The minimum absolute atomic E-state index is 0. The zero-order chi connectivity index (χ0) is 19.4. The quantitative estimate of drug-likeness (QED) is 0.154. The fraction of sp³-hybridized carbons (Fsp3) is 0.429. The van der Waals surface area contributed by atoms with Crippen LogP contribution in [0.5, 0.6) is 0 Å². The van der Waals surface area contributed by atoms with Crippen LogP contribution in [0.25, 0.3) is 0 Å². The molecular weight excluding hydrogens is 411 g/mol. The number of nitro benzene ring substituents is 1. The fourth-order valence-corrected chi connectivity index (χ4v) is 5.93. The molecule has 3 atom stereocenters. The standard InChI is InChI=1S/C14H14N2O8S2.Na/c1-14(2)10(13(18)19)15-11(17)9(12(15)25-14)24-26(22,23)8-6-4-3-5-7(8)16(20)21;/h3-6,9-10,12H,1-2H3,(H,18,19);/q;+1/p-1/t9-,10+,12-;/m1./s1. The van der Waals surface area contributed by atoms with Crippen molar-refractivity contribution in [3.05, 3.63) is 34.4 Å². The molecule has 0 N–H and O–H groups in total. The predicted octanol–water partition coefficient (Wildman–Crippen LogP) is -3.52. The molecule has 0 saturated carbocycles. The van der Waals surface area contributed by atoms with E-state index in [1.807, 2.05) is 0 Å². The van der Waals surface area contributed by atoms with Crippen molar-refractivity contribution in [2.24, 2.45) is 0 Å². The van der Waals surface area contributed by atoms with E-state index in [1.54, 1.807) is 13.8 Å². The molecule has 0 radical (unpaired) electrons. The maximum absolute atomic E-state index is 12.4.